The van der Waals surface area contributed by atoms with Crippen molar-refractivity contribution in [2.75, 3.05) is 0 Å². The normalized spacial score (nSPS) is 46.8. The van der Waals surface area contributed by atoms with E-state index in [-0.39, 0.29) is 24.0 Å². The molecule has 2 rings (SSSR count). The minimum Gasteiger partial charge on any atom is -0.393 e. The summed E-state index contributed by atoms with van der Waals surface area (Å²) >= 11 is 0. The van der Waals surface area contributed by atoms with E-state index in [0.717, 1.165) is 6.42 Å². The van der Waals surface area contributed by atoms with Gasteiger partial charge in [0.25, 0.3) is 0 Å². The molecule has 2 aliphatic carbocycles. The van der Waals surface area contributed by atoms with Crippen LogP contribution in [0.3, 0.4) is 0 Å². The summed E-state index contributed by atoms with van der Waals surface area (Å²) in [6.07, 6.45) is 4.96. The summed E-state index contributed by atoms with van der Waals surface area (Å²) in [5.41, 5.74) is 0. The van der Waals surface area contributed by atoms with Gasteiger partial charge >= 0.3 is 0 Å². The number of allylic oxidation sites excluding steroid dienone is 2. The molecule has 0 aliphatic heterocycles. The maximum Gasteiger partial charge on any atom is 0.0549 e. The van der Waals surface area contributed by atoms with Gasteiger partial charge in [-0.25, -0.2) is 0 Å². The van der Waals surface area contributed by atoms with Gasteiger partial charge in [-0.2, -0.15) is 0 Å². The Morgan fingerprint density at radius 1 is 1.00 bits per heavy atom. The van der Waals surface area contributed by atoms with E-state index in [4.69, 9.17) is 0 Å². The Balaban J connectivity index is 2.20. The lowest BCUT2D eigenvalue weighted by Crippen LogP contribution is -2.35. The monoisotopic (exact) mass is 182 g/mol. The summed E-state index contributed by atoms with van der Waals surface area (Å²) in [6.45, 7) is 3.68. The van der Waals surface area contributed by atoms with Gasteiger partial charge in [0.15, 0.2) is 0 Å². The Labute approximate surface area is 79.3 Å². The number of rotatable bonds is 2. The molecule has 2 nitrogen and oxygen atoms in total. The van der Waals surface area contributed by atoms with Crippen LogP contribution in [-0.4, -0.2) is 22.4 Å². The van der Waals surface area contributed by atoms with E-state index >= 15 is 0 Å². The Bertz CT molecular complexity index is 198. The third-order valence-electron chi connectivity index (χ3n) is 3.70. The van der Waals surface area contributed by atoms with E-state index in [1.807, 2.05) is 13.8 Å². The third-order valence-corrected chi connectivity index (χ3v) is 3.70. The molecule has 2 heteroatoms. The minimum absolute atomic E-state index is 0.273. The molecule has 0 radical (unpaired) electrons. The van der Waals surface area contributed by atoms with E-state index in [2.05, 4.69) is 12.2 Å². The molecule has 0 unspecified atom stereocenters. The van der Waals surface area contributed by atoms with Crippen molar-refractivity contribution in [3.63, 3.8) is 0 Å². The van der Waals surface area contributed by atoms with E-state index in [9.17, 15) is 10.2 Å². The van der Waals surface area contributed by atoms with Gasteiger partial charge in [0, 0.05) is 0 Å². The lowest BCUT2D eigenvalue weighted by atomic mass is 9.77. The molecular weight excluding hydrogens is 164 g/mol. The highest BCUT2D eigenvalue weighted by molar-refractivity contribution is 5.15. The average Bonchev–Trinajstić information content (AvgIpc) is 2.60. The summed E-state index contributed by atoms with van der Waals surface area (Å²) in [5.74, 6) is 1.55. The molecule has 6 atom stereocenters. The molecule has 0 aromatic carbocycles. The first-order chi connectivity index (χ1) is 6.11. The minimum atomic E-state index is -0.292. The molecule has 0 saturated heterocycles. The summed E-state index contributed by atoms with van der Waals surface area (Å²) in [5, 5.41) is 19.3. The van der Waals surface area contributed by atoms with Crippen molar-refractivity contribution < 1.29 is 10.2 Å². The van der Waals surface area contributed by atoms with Gasteiger partial charge in [-0.15, -0.1) is 0 Å². The fourth-order valence-corrected chi connectivity index (χ4v) is 3.26. The van der Waals surface area contributed by atoms with Gasteiger partial charge < -0.3 is 10.2 Å². The molecule has 2 bridgehead atoms. The predicted molar refractivity (Wildman–Crippen MR) is 51.1 cm³/mol. The lowest BCUT2D eigenvalue weighted by Gasteiger charge is -2.32. The molecule has 1 fully saturated rings. The van der Waals surface area contributed by atoms with E-state index < -0.39 is 0 Å². The Hall–Kier alpha value is -0.340. The predicted octanol–water partition coefficient (Wildman–Crippen LogP) is 1.19. The smallest absolute Gasteiger partial charge is 0.0549 e. The first-order valence-corrected chi connectivity index (χ1v) is 5.15. The van der Waals surface area contributed by atoms with Crippen LogP contribution in [0.5, 0.6) is 0 Å². The lowest BCUT2D eigenvalue weighted by molar-refractivity contribution is 0.0172. The van der Waals surface area contributed by atoms with Crippen LogP contribution in [0, 0.1) is 23.7 Å². The SMILES string of the molecule is C[C@@H](O)[C@H]1[C@@H]([C@@H](C)O)[C@H]2C=C[C@@H]1C2. The van der Waals surface area contributed by atoms with Gasteiger partial charge in [0.05, 0.1) is 12.2 Å². The van der Waals surface area contributed by atoms with Gasteiger partial charge in [-0.05, 0) is 43.9 Å². The first-order valence-electron chi connectivity index (χ1n) is 5.15. The Kier molecular flexibility index (Phi) is 2.20. The van der Waals surface area contributed by atoms with Crippen LogP contribution in [0.2, 0.25) is 0 Å². The quantitative estimate of drug-likeness (QED) is 0.630. The third kappa shape index (κ3) is 1.32. The fraction of sp³-hybridized carbons (Fsp3) is 0.818. The van der Waals surface area contributed by atoms with Crippen molar-refractivity contribution in [2.45, 2.75) is 32.5 Å². The van der Waals surface area contributed by atoms with Gasteiger partial charge in [-0.3, -0.25) is 0 Å². The molecule has 1 saturated carbocycles. The standard InChI is InChI=1S/C11H18O2/c1-6(12)10-8-3-4-9(5-8)11(10)7(2)13/h3-4,6-13H,5H2,1-2H3/t6-,7-,8-,9+,10-,11+/m1/s1. The zero-order chi connectivity index (χ0) is 9.59. The second-order valence-corrected chi connectivity index (χ2v) is 4.58. The summed E-state index contributed by atoms with van der Waals surface area (Å²) in [7, 11) is 0. The van der Waals surface area contributed by atoms with Crippen molar-refractivity contribution in [3.8, 4) is 0 Å². The highest BCUT2D eigenvalue weighted by Gasteiger charge is 2.48. The molecule has 2 aliphatic rings. The van der Waals surface area contributed by atoms with Crippen molar-refractivity contribution >= 4 is 0 Å². The van der Waals surface area contributed by atoms with Crippen molar-refractivity contribution in [1.82, 2.24) is 0 Å². The molecule has 74 valence electrons. The molecule has 0 spiro atoms. The van der Waals surface area contributed by atoms with Crippen LogP contribution in [0.4, 0.5) is 0 Å². The van der Waals surface area contributed by atoms with E-state index in [1.165, 1.54) is 0 Å². The molecular formula is C11H18O2. The highest BCUT2D eigenvalue weighted by atomic mass is 16.3. The van der Waals surface area contributed by atoms with Crippen LogP contribution in [-0.2, 0) is 0 Å². The first kappa shape index (κ1) is 9.22. The van der Waals surface area contributed by atoms with Gasteiger partial charge in [-0.1, -0.05) is 12.2 Å². The van der Waals surface area contributed by atoms with E-state index in [1.54, 1.807) is 0 Å². The molecule has 0 heterocycles. The second kappa shape index (κ2) is 3.10. The number of aliphatic hydroxyl groups excluding tert-OH is 2. The van der Waals surface area contributed by atoms with Crippen LogP contribution in [0.25, 0.3) is 0 Å². The fourth-order valence-electron chi connectivity index (χ4n) is 3.26. The zero-order valence-electron chi connectivity index (χ0n) is 8.22. The van der Waals surface area contributed by atoms with Crippen molar-refractivity contribution in [3.05, 3.63) is 12.2 Å². The maximum atomic E-state index is 9.65. The molecule has 0 amide bonds. The second-order valence-electron chi connectivity index (χ2n) is 4.58. The number of hydrogen-bond acceptors (Lipinski definition) is 2. The summed E-state index contributed by atoms with van der Waals surface area (Å²) in [4.78, 5) is 0. The molecule has 0 aromatic rings. The van der Waals surface area contributed by atoms with Crippen molar-refractivity contribution in [1.29, 1.82) is 0 Å². The number of hydrogen-bond donors (Lipinski definition) is 2. The average molecular weight is 182 g/mol. The molecule has 13 heavy (non-hydrogen) atoms. The number of fused-ring (bicyclic) bond motifs is 2. The van der Waals surface area contributed by atoms with Crippen LogP contribution < -0.4 is 0 Å². The molecule has 0 aromatic heterocycles. The van der Waals surface area contributed by atoms with Crippen molar-refractivity contribution in [2.24, 2.45) is 23.7 Å². The van der Waals surface area contributed by atoms with Gasteiger partial charge in [0.2, 0.25) is 0 Å². The number of aliphatic hydroxyl groups is 2. The van der Waals surface area contributed by atoms with E-state index in [0.29, 0.717) is 11.8 Å². The zero-order valence-corrected chi connectivity index (χ0v) is 8.22. The van der Waals surface area contributed by atoms with Crippen LogP contribution in [0.15, 0.2) is 12.2 Å². The summed E-state index contributed by atoms with van der Waals surface area (Å²) in [6, 6.07) is 0. The highest BCUT2D eigenvalue weighted by Crippen LogP contribution is 2.50. The summed E-state index contributed by atoms with van der Waals surface area (Å²) < 4.78 is 0. The molecule has 2 N–H and O–H groups in total. The maximum absolute atomic E-state index is 9.65. The van der Waals surface area contributed by atoms with Gasteiger partial charge in [0.1, 0.15) is 0 Å². The largest absolute Gasteiger partial charge is 0.393 e. The Morgan fingerprint density at radius 2 is 1.38 bits per heavy atom. The van der Waals surface area contributed by atoms with Crippen LogP contribution >= 0.6 is 0 Å². The van der Waals surface area contributed by atoms with Crippen LogP contribution in [0.1, 0.15) is 20.3 Å². The topological polar surface area (TPSA) is 40.5 Å². The Morgan fingerprint density at radius 3 is 1.69 bits per heavy atom.